The lowest BCUT2D eigenvalue weighted by Crippen LogP contribution is -2.12. The first-order valence-electron chi connectivity index (χ1n) is 7.76. The molecule has 0 aliphatic heterocycles. The van der Waals surface area contributed by atoms with Gasteiger partial charge in [-0.1, -0.05) is 5.16 Å². The van der Waals surface area contributed by atoms with Crippen molar-refractivity contribution in [3.05, 3.63) is 60.3 Å². The SMILES string of the molecule is COc1ccc(-c2oncc2C(=O)Nc2ccc(N(C)C)cc2)cc1. The second kappa shape index (κ2) is 7.09. The minimum absolute atomic E-state index is 0.273. The van der Waals surface area contributed by atoms with E-state index in [0.717, 1.165) is 17.0 Å². The summed E-state index contributed by atoms with van der Waals surface area (Å²) in [6.07, 6.45) is 1.42. The third-order valence-electron chi connectivity index (χ3n) is 3.81. The summed E-state index contributed by atoms with van der Waals surface area (Å²) >= 11 is 0. The van der Waals surface area contributed by atoms with Crippen molar-refractivity contribution in [3.63, 3.8) is 0 Å². The lowest BCUT2D eigenvalue weighted by atomic mass is 10.1. The van der Waals surface area contributed by atoms with E-state index in [1.165, 1.54) is 6.20 Å². The number of aromatic nitrogens is 1. The maximum atomic E-state index is 12.6. The third-order valence-corrected chi connectivity index (χ3v) is 3.81. The fourth-order valence-electron chi connectivity index (χ4n) is 2.39. The Hall–Kier alpha value is -3.28. The molecular formula is C19H19N3O3. The zero-order valence-electron chi connectivity index (χ0n) is 14.3. The fraction of sp³-hybridized carbons (Fsp3) is 0.158. The summed E-state index contributed by atoms with van der Waals surface area (Å²) in [6.45, 7) is 0. The molecule has 0 aliphatic rings. The van der Waals surface area contributed by atoms with Crippen LogP contribution >= 0.6 is 0 Å². The zero-order chi connectivity index (χ0) is 17.8. The van der Waals surface area contributed by atoms with Crippen LogP contribution in [-0.4, -0.2) is 32.3 Å². The van der Waals surface area contributed by atoms with Crippen LogP contribution in [0.4, 0.5) is 11.4 Å². The van der Waals surface area contributed by atoms with Crippen LogP contribution in [0.2, 0.25) is 0 Å². The van der Waals surface area contributed by atoms with Gasteiger partial charge in [0.15, 0.2) is 5.76 Å². The van der Waals surface area contributed by atoms with Crippen LogP contribution in [0.15, 0.2) is 59.3 Å². The molecule has 6 nitrogen and oxygen atoms in total. The summed E-state index contributed by atoms with van der Waals surface area (Å²) in [5.41, 5.74) is 2.90. The van der Waals surface area contributed by atoms with Crippen molar-refractivity contribution in [1.82, 2.24) is 5.16 Å². The number of anilines is 2. The van der Waals surface area contributed by atoms with Crippen molar-refractivity contribution in [2.24, 2.45) is 0 Å². The fourth-order valence-corrected chi connectivity index (χ4v) is 2.39. The average molecular weight is 337 g/mol. The lowest BCUT2D eigenvalue weighted by molar-refractivity contribution is 0.102. The van der Waals surface area contributed by atoms with Gasteiger partial charge in [0.2, 0.25) is 0 Å². The minimum atomic E-state index is -0.273. The molecule has 0 unspecified atom stereocenters. The quantitative estimate of drug-likeness (QED) is 0.769. The Morgan fingerprint density at radius 1 is 1.08 bits per heavy atom. The molecule has 0 bridgehead atoms. The van der Waals surface area contributed by atoms with Crippen molar-refractivity contribution < 1.29 is 14.1 Å². The van der Waals surface area contributed by atoms with Gasteiger partial charge in [0.05, 0.1) is 13.3 Å². The normalized spacial score (nSPS) is 10.4. The molecule has 0 atom stereocenters. The molecule has 1 aromatic heterocycles. The van der Waals surface area contributed by atoms with E-state index in [1.54, 1.807) is 19.2 Å². The second-order valence-corrected chi connectivity index (χ2v) is 5.69. The summed E-state index contributed by atoms with van der Waals surface area (Å²) < 4.78 is 10.4. The van der Waals surface area contributed by atoms with E-state index in [4.69, 9.17) is 9.26 Å². The first kappa shape index (κ1) is 16.6. The van der Waals surface area contributed by atoms with Crippen molar-refractivity contribution in [2.75, 3.05) is 31.4 Å². The van der Waals surface area contributed by atoms with Crippen LogP contribution in [0.3, 0.4) is 0 Å². The van der Waals surface area contributed by atoms with E-state index in [9.17, 15) is 4.79 Å². The number of methoxy groups -OCH3 is 1. The number of hydrogen-bond donors (Lipinski definition) is 1. The van der Waals surface area contributed by atoms with E-state index in [-0.39, 0.29) is 5.91 Å². The summed E-state index contributed by atoms with van der Waals surface area (Å²) in [7, 11) is 5.53. The van der Waals surface area contributed by atoms with Crippen LogP contribution in [0, 0.1) is 0 Å². The van der Waals surface area contributed by atoms with Gasteiger partial charge in [-0.05, 0) is 48.5 Å². The van der Waals surface area contributed by atoms with E-state index in [0.29, 0.717) is 17.0 Å². The number of carbonyl (C=O) groups excluding carboxylic acids is 1. The van der Waals surface area contributed by atoms with Crippen LogP contribution in [0.5, 0.6) is 5.75 Å². The Morgan fingerprint density at radius 2 is 1.76 bits per heavy atom. The number of hydrogen-bond acceptors (Lipinski definition) is 5. The number of ether oxygens (including phenoxy) is 1. The lowest BCUT2D eigenvalue weighted by Gasteiger charge is -2.13. The van der Waals surface area contributed by atoms with Gasteiger partial charge in [-0.3, -0.25) is 4.79 Å². The van der Waals surface area contributed by atoms with Crippen molar-refractivity contribution in [2.45, 2.75) is 0 Å². The van der Waals surface area contributed by atoms with Gasteiger partial charge in [-0.15, -0.1) is 0 Å². The van der Waals surface area contributed by atoms with Crippen LogP contribution < -0.4 is 15.0 Å². The molecule has 1 amide bonds. The van der Waals surface area contributed by atoms with Gasteiger partial charge in [0, 0.05) is 31.0 Å². The van der Waals surface area contributed by atoms with Crippen LogP contribution in [-0.2, 0) is 0 Å². The monoisotopic (exact) mass is 337 g/mol. The molecule has 0 saturated carbocycles. The Labute approximate surface area is 146 Å². The average Bonchev–Trinajstić information content (AvgIpc) is 3.12. The van der Waals surface area contributed by atoms with Crippen molar-refractivity contribution in [1.29, 1.82) is 0 Å². The number of amides is 1. The summed E-state index contributed by atoms with van der Waals surface area (Å²) in [5.74, 6) is 0.880. The first-order chi connectivity index (χ1) is 12.1. The maximum Gasteiger partial charge on any atom is 0.261 e. The van der Waals surface area contributed by atoms with E-state index >= 15 is 0 Å². The van der Waals surface area contributed by atoms with Crippen molar-refractivity contribution >= 4 is 17.3 Å². The molecule has 0 radical (unpaired) electrons. The molecule has 3 rings (SSSR count). The van der Waals surface area contributed by atoms with Gasteiger partial charge in [0.1, 0.15) is 11.3 Å². The molecule has 6 heteroatoms. The molecule has 1 N–H and O–H groups in total. The molecule has 1 heterocycles. The number of nitrogens with one attached hydrogen (secondary N) is 1. The van der Waals surface area contributed by atoms with E-state index in [1.807, 2.05) is 55.4 Å². The first-order valence-corrected chi connectivity index (χ1v) is 7.76. The smallest absolute Gasteiger partial charge is 0.261 e. The highest BCUT2D eigenvalue weighted by Gasteiger charge is 2.18. The topological polar surface area (TPSA) is 67.6 Å². The van der Waals surface area contributed by atoms with Gasteiger partial charge >= 0.3 is 0 Å². The Morgan fingerprint density at radius 3 is 2.36 bits per heavy atom. The minimum Gasteiger partial charge on any atom is -0.497 e. The summed E-state index contributed by atoms with van der Waals surface area (Å²) in [4.78, 5) is 14.6. The standard InChI is InChI=1S/C19H19N3O3/c1-22(2)15-8-6-14(7-9-15)21-19(23)17-12-20-25-18(17)13-4-10-16(24-3)11-5-13/h4-12H,1-3H3,(H,21,23). The number of rotatable bonds is 5. The number of carbonyl (C=O) groups is 1. The Balaban J connectivity index is 1.80. The van der Waals surface area contributed by atoms with E-state index < -0.39 is 0 Å². The zero-order valence-corrected chi connectivity index (χ0v) is 14.3. The van der Waals surface area contributed by atoms with Gasteiger partial charge in [0.25, 0.3) is 5.91 Å². The molecule has 0 spiro atoms. The predicted octanol–water partition coefficient (Wildman–Crippen LogP) is 3.67. The van der Waals surface area contributed by atoms with Gasteiger partial charge < -0.3 is 19.5 Å². The highest BCUT2D eigenvalue weighted by molar-refractivity contribution is 6.07. The highest BCUT2D eigenvalue weighted by Crippen LogP contribution is 2.26. The summed E-state index contributed by atoms with van der Waals surface area (Å²) in [5, 5.41) is 6.63. The maximum absolute atomic E-state index is 12.6. The van der Waals surface area contributed by atoms with Crippen molar-refractivity contribution in [3.8, 4) is 17.1 Å². The molecule has 0 fully saturated rings. The molecule has 0 aliphatic carbocycles. The highest BCUT2D eigenvalue weighted by atomic mass is 16.5. The van der Waals surface area contributed by atoms with Crippen LogP contribution in [0.25, 0.3) is 11.3 Å². The van der Waals surface area contributed by atoms with Gasteiger partial charge in [-0.25, -0.2) is 0 Å². The Kier molecular flexibility index (Phi) is 4.70. The molecule has 3 aromatic rings. The number of nitrogens with zero attached hydrogens (tertiary/aromatic N) is 2. The predicted molar refractivity (Wildman–Crippen MR) is 97.2 cm³/mol. The van der Waals surface area contributed by atoms with Gasteiger partial charge in [-0.2, -0.15) is 0 Å². The largest absolute Gasteiger partial charge is 0.497 e. The Bertz CT molecular complexity index is 852. The third kappa shape index (κ3) is 3.63. The second-order valence-electron chi connectivity index (χ2n) is 5.69. The molecular weight excluding hydrogens is 318 g/mol. The summed E-state index contributed by atoms with van der Waals surface area (Å²) in [6, 6.07) is 14.8. The molecule has 25 heavy (non-hydrogen) atoms. The van der Waals surface area contributed by atoms with Crippen LogP contribution in [0.1, 0.15) is 10.4 Å². The molecule has 128 valence electrons. The number of benzene rings is 2. The van der Waals surface area contributed by atoms with E-state index in [2.05, 4.69) is 10.5 Å². The molecule has 2 aromatic carbocycles. The molecule has 0 saturated heterocycles.